The molecule has 0 saturated carbocycles. The monoisotopic (exact) mass is 122 g/mol. The van der Waals surface area contributed by atoms with E-state index in [1.54, 1.807) is 0 Å². The molecule has 4 nitrogen and oxygen atoms in total. The van der Waals surface area contributed by atoms with Crippen molar-refractivity contribution in [1.82, 2.24) is 0 Å². The Bertz CT molecular complexity index is 3.61. The molecule has 0 fully saturated rings. The molecule has 0 aliphatic heterocycles. The molecule has 0 unspecified atom stereocenters. The fraction of sp³-hybridized carbons (Fsp3) is 0. The molecule has 0 atom stereocenters. The zero-order valence-electron chi connectivity index (χ0n) is 2.30. The summed E-state index contributed by atoms with van der Waals surface area (Å²) in [6.45, 7) is 0. The summed E-state index contributed by atoms with van der Waals surface area (Å²) in [4.78, 5) is 0. The van der Waals surface area contributed by atoms with Gasteiger partial charge in [-0.05, 0) is 0 Å². The molecule has 38 valence electrons. The molecule has 0 aromatic rings. The van der Waals surface area contributed by atoms with Gasteiger partial charge >= 0.3 is 0 Å². The molecule has 0 radical (unpaired) electrons. The first-order valence-corrected chi connectivity index (χ1v) is 0. The Hall–Kier alpha value is 0.372. The maximum atomic E-state index is 0. The molecule has 0 aromatic carbocycles. The van der Waals surface area contributed by atoms with Crippen LogP contribution in [0.15, 0.2) is 0 Å². The van der Waals surface area contributed by atoms with E-state index in [4.69, 9.17) is 0 Å². The molecule has 5 heavy (non-hydrogen) atoms. The van der Waals surface area contributed by atoms with Gasteiger partial charge in [-0.1, -0.05) is 0 Å². The Morgan fingerprint density at radius 1 is 0.600 bits per heavy atom. The summed E-state index contributed by atoms with van der Waals surface area (Å²) in [6.07, 6.45) is 0. The Morgan fingerprint density at radius 2 is 0.600 bits per heavy atom. The van der Waals surface area contributed by atoms with Gasteiger partial charge < -0.3 is 21.9 Å². The zero-order chi connectivity index (χ0) is 0. The first kappa shape index (κ1) is 740. The van der Waals surface area contributed by atoms with Gasteiger partial charge in [0.05, 0.1) is 0 Å². The summed E-state index contributed by atoms with van der Waals surface area (Å²) in [6, 6.07) is 0. The van der Waals surface area contributed by atoms with E-state index in [0.29, 0.717) is 0 Å². The van der Waals surface area contributed by atoms with Crippen molar-refractivity contribution in [2.75, 3.05) is 0 Å². The van der Waals surface area contributed by atoms with Crippen molar-refractivity contribution in [2.24, 2.45) is 0 Å². The van der Waals surface area contributed by atoms with E-state index < -0.39 is 0 Å². The van der Waals surface area contributed by atoms with Crippen molar-refractivity contribution in [3.8, 4) is 0 Å². The van der Waals surface area contributed by atoms with Crippen molar-refractivity contribution in [3.05, 3.63) is 0 Å². The molecule has 0 heterocycles. The van der Waals surface area contributed by atoms with E-state index in [1.165, 1.54) is 0 Å². The van der Waals surface area contributed by atoms with Crippen LogP contribution in [0, 0.1) is 0 Å². The van der Waals surface area contributed by atoms with Crippen LogP contribution in [-0.4, -0.2) is 21.9 Å². The van der Waals surface area contributed by atoms with Gasteiger partial charge in [-0.25, -0.2) is 0 Å². The Kier molecular flexibility index (Phi) is 53100. The molecule has 0 saturated heterocycles. The molecule has 0 bridgehead atoms. The average molecular weight is 122 g/mol. The zero-order valence-corrected chi connectivity index (χ0v) is 3.58. The predicted octanol–water partition coefficient (Wildman–Crippen LogP) is -2.01. The summed E-state index contributed by atoms with van der Waals surface area (Å²) in [5.74, 6) is 0. The summed E-state index contributed by atoms with van der Waals surface area (Å²) in [7, 11) is 0. The van der Waals surface area contributed by atoms with Crippen molar-refractivity contribution in [2.45, 2.75) is 0 Å². The van der Waals surface area contributed by atoms with Gasteiger partial charge in [-0.2, -0.15) is 0 Å². The third kappa shape index (κ3) is 177. The molecule has 0 spiro atoms. The van der Waals surface area contributed by atoms with Gasteiger partial charge in [0.1, 0.15) is 0 Å². The van der Waals surface area contributed by atoms with Crippen molar-refractivity contribution >= 4 is 0 Å². The van der Waals surface area contributed by atoms with Crippen molar-refractivity contribution in [3.63, 3.8) is 0 Å². The van der Waals surface area contributed by atoms with Crippen molar-refractivity contribution < 1.29 is 39.3 Å². The normalized spacial score (nSPS) is 0. The molecule has 5 heteroatoms. The Labute approximate surface area is 40.2 Å². The topological polar surface area (TPSA) is 123 Å². The minimum absolute atomic E-state index is 0. The summed E-state index contributed by atoms with van der Waals surface area (Å²) < 4.78 is 0. The average Bonchev–Trinajstić information content (AvgIpc) is 0. The second-order valence-corrected chi connectivity index (χ2v) is 0. The van der Waals surface area contributed by atoms with Gasteiger partial charge in [0.15, 0.2) is 0 Å². The first-order valence-electron chi connectivity index (χ1n) is 0. The van der Waals surface area contributed by atoms with E-state index in [1.807, 2.05) is 0 Å². The van der Waals surface area contributed by atoms with Crippen LogP contribution >= 0.6 is 0 Å². The fourth-order valence-corrected chi connectivity index (χ4v) is 0. The van der Waals surface area contributed by atoms with Gasteiger partial charge in [-0.15, -0.1) is 0 Å². The largest absolute Gasteiger partial charge is 0.870 e. The Balaban J connectivity index is 0. The number of rotatable bonds is 0. The van der Waals surface area contributed by atoms with E-state index in [0.717, 1.165) is 0 Å². The van der Waals surface area contributed by atoms with Crippen LogP contribution in [0.5, 0.6) is 0 Å². The minimum atomic E-state index is 0. The van der Waals surface area contributed by atoms with Crippen molar-refractivity contribution in [1.29, 1.82) is 0 Å². The summed E-state index contributed by atoms with van der Waals surface area (Å²) in [5, 5.41) is 0. The molecular formula is H6CrO4-2. The van der Waals surface area contributed by atoms with Crippen LogP contribution in [-0.2, 0) is 17.4 Å². The SMILES string of the molecule is O.O.[Cr].[OH-].[OH-]. The van der Waals surface area contributed by atoms with Gasteiger partial charge in [0.2, 0.25) is 0 Å². The molecule has 0 amide bonds. The maximum absolute atomic E-state index is 0. The van der Waals surface area contributed by atoms with Gasteiger partial charge in [-0.3, -0.25) is 0 Å². The predicted molar refractivity (Wildman–Crippen MR) is 11.1 cm³/mol. The van der Waals surface area contributed by atoms with Crippen LogP contribution in [0.1, 0.15) is 0 Å². The number of hydrogen-bond acceptors (Lipinski definition) is 2. The smallest absolute Gasteiger partial charge is 0 e. The van der Waals surface area contributed by atoms with E-state index in [-0.39, 0.29) is 39.3 Å². The third-order valence-electron chi connectivity index (χ3n) is 0. The molecule has 0 aliphatic carbocycles. The van der Waals surface area contributed by atoms with Crippen LogP contribution < -0.4 is 0 Å². The molecule has 0 rings (SSSR count). The molecule has 6 N–H and O–H groups in total. The molecule has 0 aliphatic rings. The van der Waals surface area contributed by atoms with Gasteiger partial charge in [0.25, 0.3) is 0 Å². The molecular weight excluding hydrogens is 116 g/mol. The quantitative estimate of drug-likeness (QED) is 0.368. The third-order valence-corrected chi connectivity index (χ3v) is 0. The second kappa shape index (κ2) is 358. The van der Waals surface area contributed by atoms with Crippen LogP contribution in [0.3, 0.4) is 0 Å². The number of hydrogen-bond donors (Lipinski definition) is 0. The van der Waals surface area contributed by atoms with Gasteiger partial charge in [0, 0.05) is 17.4 Å². The van der Waals surface area contributed by atoms with Crippen LogP contribution in [0.2, 0.25) is 0 Å². The fourth-order valence-electron chi connectivity index (χ4n) is 0. The summed E-state index contributed by atoms with van der Waals surface area (Å²) >= 11 is 0. The standard InChI is InChI=1S/Cr.4H2O/h;4*1H2/p-2. The Morgan fingerprint density at radius 3 is 0.600 bits per heavy atom. The first-order chi connectivity index (χ1) is 0. The van der Waals surface area contributed by atoms with E-state index in [2.05, 4.69) is 0 Å². The van der Waals surface area contributed by atoms with E-state index >= 15 is 0 Å². The summed E-state index contributed by atoms with van der Waals surface area (Å²) in [5.41, 5.74) is 0. The minimum Gasteiger partial charge on any atom is -0.870 e. The second-order valence-electron chi connectivity index (χ2n) is 0. The van der Waals surface area contributed by atoms with Crippen LogP contribution in [0.25, 0.3) is 0 Å². The molecule has 0 aromatic heterocycles. The van der Waals surface area contributed by atoms with E-state index in [9.17, 15) is 0 Å². The van der Waals surface area contributed by atoms with Crippen LogP contribution in [0.4, 0.5) is 0 Å². The maximum Gasteiger partial charge on any atom is 0 e.